The second-order valence-corrected chi connectivity index (χ2v) is 4.05. The molecule has 1 saturated heterocycles. The van der Waals surface area contributed by atoms with Gasteiger partial charge in [-0.1, -0.05) is 0 Å². The monoisotopic (exact) mass is 207 g/mol. The Morgan fingerprint density at radius 3 is 3.20 bits per heavy atom. The van der Waals surface area contributed by atoms with E-state index in [1.165, 1.54) is 0 Å². The number of pyridine rings is 1. The van der Waals surface area contributed by atoms with Crippen LogP contribution in [0.2, 0.25) is 0 Å². The Labute approximate surface area is 89.7 Å². The zero-order valence-corrected chi connectivity index (χ0v) is 8.76. The van der Waals surface area contributed by atoms with Crippen molar-refractivity contribution >= 4 is 11.5 Å². The average molecular weight is 207 g/mol. The third-order valence-electron chi connectivity index (χ3n) is 2.95. The van der Waals surface area contributed by atoms with Crippen molar-refractivity contribution in [1.82, 2.24) is 4.98 Å². The Bertz CT molecular complexity index is 329. The molecule has 15 heavy (non-hydrogen) atoms. The molecule has 1 unspecified atom stereocenters. The Balaban J connectivity index is 2.01. The zero-order valence-electron chi connectivity index (χ0n) is 8.76. The van der Waals surface area contributed by atoms with Crippen LogP contribution in [0.15, 0.2) is 18.3 Å². The lowest BCUT2D eigenvalue weighted by Gasteiger charge is -2.18. The Morgan fingerprint density at radius 2 is 2.47 bits per heavy atom. The lowest BCUT2D eigenvalue weighted by atomic mass is 10.1. The van der Waals surface area contributed by atoms with Gasteiger partial charge in [0.2, 0.25) is 0 Å². The molecule has 2 rings (SSSR count). The van der Waals surface area contributed by atoms with Gasteiger partial charge in [0.15, 0.2) is 0 Å². The number of nitrogens with two attached hydrogens (primary N) is 1. The summed E-state index contributed by atoms with van der Waals surface area (Å²) in [6.07, 6.45) is 3.80. The molecule has 1 aromatic heterocycles. The molecule has 3 N–H and O–H groups in total. The van der Waals surface area contributed by atoms with Crippen LogP contribution in [0.1, 0.15) is 12.8 Å². The molecule has 1 aliphatic heterocycles. The zero-order chi connectivity index (χ0) is 10.7. The molecule has 1 atom stereocenters. The first kappa shape index (κ1) is 10.2. The SMILES string of the molecule is Nc1cc(N2CCC(CCO)C2)ccn1. The highest BCUT2D eigenvalue weighted by Crippen LogP contribution is 2.25. The molecule has 1 aliphatic rings. The lowest BCUT2D eigenvalue weighted by molar-refractivity contribution is 0.263. The minimum atomic E-state index is 0.289. The number of rotatable bonds is 3. The number of nitrogens with zero attached hydrogens (tertiary/aromatic N) is 2. The fourth-order valence-corrected chi connectivity index (χ4v) is 2.12. The first-order valence-electron chi connectivity index (χ1n) is 5.37. The van der Waals surface area contributed by atoms with Gasteiger partial charge in [0.05, 0.1) is 0 Å². The van der Waals surface area contributed by atoms with E-state index in [0.717, 1.165) is 31.6 Å². The standard InChI is InChI=1S/C11H17N3O/c12-11-7-10(1-4-13-11)14-5-2-9(8-14)3-6-15/h1,4,7,9,15H,2-3,5-6,8H2,(H2,12,13). The van der Waals surface area contributed by atoms with Crippen LogP contribution in [0.25, 0.3) is 0 Å². The van der Waals surface area contributed by atoms with Crippen LogP contribution in [0.4, 0.5) is 11.5 Å². The summed E-state index contributed by atoms with van der Waals surface area (Å²) >= 11 is 0. The van der Waals surface area contributed by atoms with Crippen molar-refractivity contribution < 1.29 is 5.11 Å². The minimum absolute atomic E-state index is 0.289. The fraction of sp³-hybridized carbons (Fsp3) is 0.545. The molecule has 0 aliphatic carbocycles. The van der Waals surface area contributed by atoms with Crippen LogP contribution in [-0.4, -0.2) is 29.8 Å². The summed E-state index contributed by atoms with van der Waals surface area (Å²) in [4.78, 5) is 6.28. The quantitative estimate of drug-likeness (QED) is 0.772. The molecule has 4 heteroatoms. The molecule has 0 bridgehead atoms. The molecule has 0 radical (unpaired) electrons. The molecule has 4 nitrogen and oxygen atoms in total. The molecule has 0 saturated carbocycles. The summed E-state index contributed by atoms with van der Waals surface area (Å²) in [5, 5.41) is 8.88. The summed E-state index contributed by atoms with van der Waals surface area (Å²) in [5.74, 6) is 1.18. The average Bonchev–Trinajstić information content (AvgIpc) is 2.67. The molecule has 2 heterocycles. The van der Waals surface area contributed by atoms with Crippen molar-refractivity contribution in [3.05, 3.63) is 18.3 Å². The second kappa shape index (κ2) is 4.49. The van der Waals surface area contributed by atoms with Gasteiger partial charge in [-0.3, -0.25) is 0 Å². The van der Waals surface area contributed by atoms with Gasteiger partial charge in [-0.25, -0.2) is 4.98 Å². The van der Waals surface area contributed by atoms with Crippen LogP contribution >= 0.6 is 0 Å². The highest BCUT2D eigenvalue weighted by Gasteiger charge is 2.22. The fourth-order valence-electron chi connectivity index (χ4n) is 2.12. The Hall–Kier alpha value is -1.29. The molecule has 0 amide bonds. The summed E-state index contributed by atoms with van der Waals surface area (Å²) in [6, 6.07) is 3.89. The van der Waals surface area contributed by atoms with Crippen molar-refractivity contribution in [2.24, 2.45) is 5.92 Å². The van der Waals surface area contributed by atoms with Crippen LogP contribution in [0, 0.1) is 5.92 Å². The van der Waals surface area contributed by atoms with E-state index in [1.807, 2.05) is 12.1 Å². The van der Waals surface area contributed by atoms with Gasteiger partial charge >= 0.3 is 0 Å². The molecule has 1 fully saturated rings. The number of aliphatic hydroxyl groups is 1. The normalized spacial score (nSPS) is 20.9. The van der Waals surface area contributed by atoms with Crippen molar-refractivity contribution in [2.45, 2.75) is 12.8 Å². The first-order valence-corrected chi connectivity index (χ1v) is 5.37. The summed E-state index contributed by atoms with van der Waals surface area (Å²) in [7, 11) is 0. The second-order valence-electron chi connectivity index (χ2n) is 4.05. The largest absolute Gasteiger partial charge is 0.396 e. The van der Waals surface area contributed by atoms with Crippen LogP contribution in [0.3, 0.4) is 0 Å². The van der Waals surface area contributed by atoms with Crippen LogP contribution < -0.4 is 10.6 Å². The molecule has 82 valence electrons. The third kappa shape index (κ3) is 2.39. The number of aliphatic hydroxyl groups excluding tert-OH is 1. The lowest BCUT2D eigenvalue weighted by Crippen LogP contribution is -2.20. The first-order chi connectivity index (χ1) is 7.29. The predicted octanol–water partition coefficient (Wildman–Crippen LogP) is 0.872. The van der Waals surface area contributed by atoms with Gasteiger partial charge in [-0.05, 0) is 24.8 Å². The topological polar surface area (TPSA) is 62.4 Å². The van der Waals surface area contributed by atoms with E-state index in [0.29, 0.717) is 11.7 Å². The van der Waals surface area contributed by atoms with E-state index in [4.69, 9.17) is 10.8 Å². The third-order valence-corrected chi connectivity index (χ3v) is 2.95. The highest BCUT2D eigenvalue weighted by atomic mass is 16.3. The maximum absolute atomic E-state index is 8.88. The van der Waals surface area contributed by atoms with E-state index < -0.39 is 0 Å². The van der Waals surface area contributed by atoms with Gasteiger partial charge in [-0.2, -0.15) is 0 Å². The van der Waals surface area contributed by atoms with Crippen LogP contribution in [-0.2, 0) is 0 Å². The highest BCUT2D eigenvalue weighted by molar-refractivity contribution is 5.52. The smallest absolute Gasteiger partial charge is 0.125 e. The Morgan fingerprint density at radius 1 is 1.60 bits per heavy atom. The number of aromatic nitrogens is 1. The van der Waals surface area contributed by atoms with Gasteiger partial charge in [0.25, 0.3) is 0 Å². The molecule has 0 aromatic carbocycles. The van der Waals surface area contributed by atoms with Crippen molar-refractivity contribution in [3.63, 3.8) is 0 Å². The minimum Gasteiger partial charge on any atom is -0.396 e. The summed E-state index contributed by atoms with van der Waals surface area (Å²) in [6.45, 7) is 2.36. The molecule has 0 spiro atoms. The van der Waals surface area contributed by atoms with Gasteiger partial charge in [0.1, 0.15) is 5.82 Å². The maximum atomic E-state index is 8.88. The van der Waals surface area contributed by atoms with Gasteiger partial charge in [-0.15, -0.1) is 0 Å². The maximum Gasteiger partial charge on any atom is 0.125 e. The Kier molecular flexibility index (Phi) is 3.06. The van der Waals surface area contributed by atoms with Gasteiger partial charge < -0.3 is 15.7 Å². The van der Waals surface area contributed by atoms with E-state index in [-0.39, 0.29) is 6.61 Å². The van der Waals surface area contributed by atoms with E-state index >= 15 is 0 Å². The molecule has 1 aromatic rings. The number of nitrogen functional groups attached to an aromatic ring is 1. The number of hydrogen-bond acceptors (Lipinski definition) is 4. The van der Waals surface area contributed by atoms with Crippen LogP contribution in [0.5, 0.6) is 0 Å². The van der Waals surface area contributed by atoms with Crippen molar-refractivity contribution in [3.8, 4) is 0 Å². The summed E-state index contributed by atoms with van der Waals surface area (Å²) in [5.41, 5.74) is 6.78. The van der Waals surface area contributed by atoms with Crippen molar-refractivity contribution in [1.29, 1.82) is 0 Å². The van der Waals surface area contributed by atoms with E-state index in [1.54, 1.807) is 6.20 Å². The molecular weight excluding hydrogens is 190 g/mol. The van der Waals surface area contributed by atoms with E-state index in [9.17, 15) is 0 Å². The molecular formula is C11H17N3O. The number of anilines is 2. The predicted molar refractivity (Wildman–Crippen MR) is 60.7 cm³/mol. The summed E-state index contributed by atoms with van der Waals surface area (Å²) < 4.78 is 0. The van der Waals surface area contributed by atoms with E-state index in [2.05, 4.69) is 9.88 Å². The number of hydrogen-bond donors (Lipinski definition) is 2. The van der Waals surface area contributed by atoms with Gasteiger partial charge in [0, 0.05) is 37.6 Å². The van der Waals surface area contributed by atoms with Crippen molar-refractivity contribution in [2.75, 3.05) is 30.3 Å².